The molecule has 0 saturated heterocycles. The Kier molecular flexibility index (Phi) is 4.16. The van der Waals surface area contributed by atoms with Gasteiger partial charge in [-0.2, -0.15) is 0 Å². The highest BCUT2D eigenvalue weighted by atomic mass is 16.5. The van der Waals surface area contributed by atoms with Gasteiger partial charge in [-0.25, -0.2) is 0 Å². The number of benzene rings is 2. The summed E-state index contributed by atoms with van der Waals surface area (Å²) in [4.78, 5) is 0. The molecule has 3 aliphatic rings. The molecule has 0 amide bonds. The van der Waals surface area contributed by atoms with Crippen LogP contribution in [0.1, 0.15) is 42.4 Å². The van der Waals surface area contributed by atoms with Gasteiger partial charge >= 0.3 is 0 Å². The highest BCUT2D eigenvalue weighted by Crippen LogP contribution is 2.54. The molecule has 5 rings (SSSR count). The van der Waals surface area contributed by atoms with Gasteiger partial charge in [0, 0.05) is 29.5 Å². The van der Waals surface area contributed by atoms with E-state index in [1.165, 1.54) is 5.56 Å². The molecule has 152 valence electrons. The Morgan fingerprint density at radius 1 is 1.03 bits per heavy atom. The van der Waals surface area contributed by atoms with Crippen LogP contribution >= 0.6 is 0 Å². The summed E-state index contributed by atoms with van der Waals surface area (Å²) in [6.45, 7) is 8.84. The van der Waals surface area contributed by atoms with Crippen molar-refractivity contribution in [1.29, 1.82) is 0 Å². The van der Waals surface area contributed by atoms with Crippen molar-refractivity contribution >= 4 is 0 Å². The van der Waals surface area contributed by atoms with E-state index in [9.17, 15) is 0 Å². The highest BCUT2D eigenvalue weighted by molar-refractivity contribution is 5.59. The normalized spacial score (nSPS) is 25.9. The maximum Gasteiger partial charge on any atom is 0.164 e. The molecule has 0 aromatic heterocycles. The second kappa shape index (κ2) is 6.61. The minimum Gasteiger partial charge on any atom is -0.493 e. The van der Waals surface area contributed by atoms with E-state index in [-0.39, 0.29) is 24.0 Å². The van der Waals surface area contributed by atoms with Crippen molar-refractivity contribution in [1.82, 2.24) is 0 Å². The van der Waals surface area contributed by atoms with Gasteiger partial charge in [-0.3, -0.25) is 0 Å². The molecule has 29 heavy (non-hydrogen) atoms. The molecular weight excluding hydrogens is 368 g/mol. The fraction of sp³-hybridized carbons (Fsp3) is 0.417. The average molecular weight is 394 g/mol. The molecule has 0 saturated carbocycles. The van der Waals surface area contributed by atoms with Crippen LogP contribution in [-0.4, -0.2) is 33.0 Å². The molecule has 5 nitrogen and oxygen atoms in total. The zero-order chi connectivity index (χ0) is 20.3. The molecule has 0 aliphatic carbocycles. The smallest absolute Gasteiger partial charge is 0.164 e. The lowest BCUT2D eigenvalue weighted by Gasteiger charge is -2.42. The summed E-state index contributed by atoms with van der Waals surface area (Å²) in [5.74, 6) is 4.56. The standard InChI is InChI=1S/C24H26O5/c1-12(2)18-9-16-17(28-18)7-6-14-13(3)23-15-8-20(25-4)21(26-5)10-19(15)27-11-22(23)29-24(14)16/h6-8,10,13,18,22-23H,1,9,11H2,2-5H3/t13?,18-,22?,23+/m1/s1. The summed E-state index contributed by atoms with van der Waals surface area (Å²) in [6.07, 6.45) is 0.770. The first-order valence-electron chi connectivity index (χ1n) is 10.0. The zero-order valence-electron chi connectivity index (χ0n) is 17.3. The lowest BCUT2D eigenvalue weighted by atomic mass is 9.75. The van der Waals surface area contributed by atoms with Gasteiger partial charge in [0.05, 0.1) is 14.2 Å². The Morgan fingerprint density at radius 2 is 1.79 bits per heavy atom. The fourth-order valence-corrected chi connectivity index (χ4v) is 4.87. The SMILES string of the molecule is C=C(C)[C@H]1Cc2c(ccc3c2OC2COc4cc(OC)c(OC)cc4[C@@H]2C3C)O1. The van der Waals surface area contributed by atoms with E-state index in [0.717, 1.165) is 40.4 Å². The van der Waals surface area contributed by atoms with Crippen molar-refractivity contribution in [2.45, 2.75) is 44.3 Å². The predicted molar refractivity (Wildman–Crippen MR) is 110 cm³/mol. The van der Waals surface area contributed by atoms with Crippen molar-refractivity contribution < 1.29 is 23.7 Å². The van der Waals surface area contributed by atoms with Crippen LogP contribution in [0.15, 0.2) is 36.4 Å². The minimum atomic E-state index is -0.0570. The van der Waals surface area contributed by atoms with Gasteiger partial charge in [-0.1, -0.05) is 19.6 Å². The summed E-state index contributed by atoms with van der Waals surface area (Å²) in [6, 6.07) is 8.17. The van der Waals surface area contributed by atoms with Crippen molar-refractivity contribution in [3.05, 3.63) is 53.1 Å². The van der Waals surface area contributed by atoms with Crippen molar-refractivity contribution in [3.63, 3.8) is 0 Å². The summed E-state index contributed by atoms with van der Waals surface area (Å²) >= 11 is 0. The lowest BCUT2D eigenvalue weighted by molar-refractivity contribution is 0.0625. The molecule has 4 atom stereocenters. The first kappa shape index (κ1) is 18.2. The summed E-state index contributed by atoms with van der Waals surface area (Å²) in [5, 5.41) is 0. The lowest BCUT2D eigenvalue weighted by Crippen LogP contribution is -2.41. The Balaban J connectivity index is 1.57. The molecule has 2 aromatic carbocycles. The summed E-state index contributed by atoms with van der Waals surface area (Å²) in [7, 11) is 3.29. The quantitative estimate of drug-likeness (QED) is 0.711. The van der Waals surface area contributed by atoms with E-state index >= 15 is 0 Å². The molecule has 0 spiro atoms. The number of rotatable bonds is 3. The molecule has 3 heterocycles. The van der Waals surface area contributed by atoms with Gasteiger partial charge in [0.25, 0.3) is 0 Å². The fourth-order valence-electron chi connectivity index (χ4n) is 4.87. The molecule has 2 aromatic rings. The summed E-state index contributed by atoms with van der Waals surface area (Å²) < 4.78 is 29.7. The molecular formula is C24H26O5. The van der Waals surface area contributed by atoms with Gasteiger partial charge in [0.15, 0.2) is 11.5 Å². The van der Waals surface area contributed by atoms with Crippen LogP contribution in [-0.2, 0) is 6.42 Å². The Bertz CT molecular complexity index is 995. The molecule has 0 bridgehead atoms. The van der Waals surface area contributed by atoms with E-state index in [4.69, 9.17) is 23.7 Å². The number of fused-ring (bicyclic) bond motifs is 6. The highest BCUT2D eigenvalue weighted by Gasteiger charge is 2.44. The topological polar surface area (TPSA) is 46.2 Å². The second-order valence-electron chi connectivity index (χ2n) is 8.14. The Morgan fingerprint density at radius 3 is 2.52 bits per heavy atom. The number of methoxy groups -OCH3 is 2. The van der Waals surface area contributed by atoms with Crippen LogP contribution < -0.4 is 23.7 Å². The van der Waals surface area contributed by atoms with Gasteiger partial charge in [0.2, 0.25) is 0 Å². The molecule has 2 unspecified atom stereocenters. The maximum absolute atomic E-state index is 6.56. The van der Waals surface area contributed by atoms with E-state index in [1.807, 2.05) is 19.1 Å². The second-order valence-corrected chi connectivity index (χ2v) is 8.14. The third kappa shape index (κ3) is 2.67. The number of hydrogen-bond donors (Lipinski definition) is 0. The molecule has 0 radical (unpaired) electrons. The maximum atomic E-state index is 6.56. The van der Waals surface area contributed by atoms with Crippen LogP contribution in [0.3, 0.4) is 0 Å². The van der Waals surface area contributed by atoms with Crippen LogP contribution in [0.5, 0.6) is 28.7 Å². The third-order valence-electron chi connectivity index (χ3n) is 6.43. The van der Waals surface area contributed by atoms with E-state index in [1.54, 1.807) is 14.2 Å². The van der Waals surface area contributed by atoms with Gasteiger partial charge in [-0.05, 0) is 36.1 Å². The van der Waals surface area contributed by atoms with E-state index < -0.39 is 0 Å². The Labute approximate surface area is 171 Å². The van der Waals surface area contributed by atoms with Crippen LogP contribution in [0, 0.1) is 0 Å². The van der Waals surface area contributed by atoms with Crippen LogP contribution in [0.25, 0.3) is 0 Å². The van der Waals surface area contributed by atoms with Gasteiger partial charge in [-0.15, -0.1) is 0 Å². The summed E-state index contributed by atoms with van der Waals surface area (Å²) in [5.41, 5.74) is 4.51. The third-order valence-corrected chi connectivity index (χ3v) is 6.43. The largest absolute Gasteiger partial charge is 0.493 e. The van der Waals surface area contributed by atoms with Crippen LogP contribution in [0.2, 0.25) is 0 Å². The monoisotopic (exact) mass is 394 g/mol. The van der Waals surface area contributed by atoms with Crippen molar-refractivity contribution in [3.8, 4) is 28.7 Å². The number of ether oxygens (including phenoxy) is 5. The molecule has 5 heteroatoms. The predicted octanol–water partition coefficient (Wildman–Crippen LogP) is 4.62. The van der Waals surface area contributed by atoms with E-state index in [0.29, 0.717) is 18.1 Å². The van der Waals surface area contributed by atoms with Gasteiger partial charge < -0.3 is 23.7 Å². The zero-order valence-corrected chi connectivity index (χ0v) is 17.3. The Hall–Kier alpha value is -2.82. The van der Waals surface area contributed by atoms with E-state index in [2.05, 4.69) is 25.6 Å². The minimum absolute atomic E-state index is 0.0215. The first-order chi connectivity index (χ1) is 14.0. The van der Waals surface area contributed by atoms with Gasteiger partial charge in [0.1, 0.15) is 36.1 Å². The number of hydrogen-bond acceptors (Lipinski definition) is 5. The molecule has 3 aliphatic heterocycles. The average Bonchev–Trinajstić information content (AvgIpc) is 3.17. The van der Waals surface area contributed by atoms with Crippen LogP contribution in [0.4, 0.5) is 0 Å². The van der Waals surface area contributed by atoms with Crippen molar-refractivity contribution in [2.24, 2.45) is 0 Å². The molecule has 0 N–H and O–H groups in total. The van der Waals surface area contributed by atoms with Crippen molar-refractivity contribution in [2.75, 3.05) is 20.8 Å². The first-order valence-corrected chi connectivity index (χ1v) is 10.0. The molecule has 0 fully saturated rings.